The Morgan fingerprint density at radius 1 is 1.15 bits per heavy atom. The monoisotopic (exact) mass is 276 g/mol. The molecule has 4 nitrogen and oxygen atoms in total. The summed E-state index contributed by atoms with van der Waals surface area (Å²) in [6, 6.07) is 1.96. The highest BCUT2D eigenvalue weighted by molar-refractivity contribution is 4.93. The smallest absolute Gasteiger partial charge is 0.0949 e. The summed E-state index contributed by atoms with van der Waals surface area (Å²) in [4.78, 5) is 6.80. The molecule has 2 aliphatic rings. The molecule has 1 N–H and O–H groups in total. The van der Waals surface area contributed by atoms with Crippen LogP contribution >= 0.6 is 0 Å². The molecule has 3 rings (SSSR count). The summed E-state index contributed by atoms with van der Waals surface area (Å²) in [5.74, 6) is 0. The van der Waals surface area contributed by atoms with Crippen molar-refractivity contribution in [2.24, 2.45) is 0 Å². The molecule has 1 aromatic heterocycles. The van der Waals surface area contributed by atoms with E-state index in [0.717, 1.165) is 0 Å². The minimum atomic E-state index is 0.614. The van der Waals surface area contributed by atoms with Gasteiger partial charge >= 0.3 is 0 Å². The molecule has 0 bridgehead atoms. The molecule has 112 valence electrons. The summed E-state index contributed by atoms with van der Waals surface area (Å²) in [7, 11) is 0. The fraction of sp³-hybridized carbons (Fsp3) is 0.812. The SMILES string of the molecule is CCN1CCCC(NC2CCCC2n2ccnc2)CC1. The van der Waals surface area contributed by atoms with Gasteiger partial charge in [0.2, 0.25) is 0 Å². The summed E-state index contributed by atoms with van der Waals surface area (Å²) >= 11 is 0. The van der Waals surface area contributed by atoms with E-state index in [9.17, 15) is 0 Å². The van der Waals surface area contributed by atoms with E-state index < -0.39 is 0 Å². The molecule has 4 heteroatoms. The molecule has 3 atom stereocenters. The van der Waals surface area contributed by atoms with Crippen molar-refractivity contribution in [2.75, 3.05) is 19.6 Å². The number of likely N-dealkylation sites (tertiary alicyclic amines) is 1. The highest BCUT2D eigenvalue weighted by Gasteiger charge is 2.30. The van der Waals surface area contributed by atoms with Crippen LogP contribution in [0.1, 0.15) is 51.5 Å². The Morgan fingerprint density at radius 2 is 2.10 bits per heavy atom. The third-order valence-electron chi connectivity index (χ3n) is 5.11. The maximum absolute atomic E-state index is 4.21. The Labute approximate surface area is 122 Å². The Hall–Kier alpha value is -0.870. The van der Waals surface area contributed by atoms with Gasteiger partial charge in [-0.25, -0.2) is 4.98 Å². The first-order valence-electron chi connectivity index (χ1n) is 8.32. The molecule has 1 aliphatic carbocycles. The van der Waals surface area contributed by atoms with E-state index >= 15 is 0 Å². The average molecular weight is 276 g/mol. The summed E-state index contributed by atoms with van der Waals surface area (Å²) in [6.45, 7) is 6.02. The Kier molecular flexibility index (Phi) is 4.73. The minimum absolute atomic E-state index is 0.614. The first-order valence-corrected chi connectivity index (χ1v) is 8.32. The van der Waals surface area contributed by atoms with E-state index in [1.807, 2.05) is 12.5 Å². The van der Waals surface area contributed by atoms with Gasteiger partial charge in [0.1, 0.15) is 0 Å². The fourth-order valence-corrected chi connectivity index (χ4v) is 3.90. The number of hydrogen-bond acceptors (Lipinski definition) is 3. The van der Waals surface area contributed by atoms with Crippen LogP contribution in [0.5, 0.6) is 0 Å². The van der Waals surface area contributed by atoms with Crippen molar-refractivity contribution in [1.82, 2.24) is 19.8 Å². The van der Waals surface area contributed by atoms with Gasteiger partial charge in [0.25, 0.3) is 0 Å². The van der Waals surface area contributed by atoms with E-state index in [4.69, 9.17) is 0 Å². The van der Waals surface area contributed by atoms with Crippen LogP contribution in [0.15, 0.2) is 18.7 Å². The van der Waals surface area contributed by atoms with Crippen LogP contribution in [0, 0.1) is 0 Å². The molecule has 0 aromatic carbocycles. The van der Waals surface area contributed by atoms with Gasteiger partial charge in [0.05, 0.1) is 6.33 Å². The van der Waals surface area contributed by atoms with Gasteiger partial charge < -0.3 is 14.8 Å². The number of rotatable bonds is 4. The zero-order valence-electron chi connectivity index (χ0n) is 12.7. The second kappa shape index (κ2) is 6.72. The molecule has 0 amide bonds. The predicted octanol–water partition coefficient (Wildman–Crippen LogP) is 2.44. The largest absolute Gasteiger partial charge is 0.333 e. The van der Waals surface area contributed by atoms with E-state index in [2.05, 4.69) is 32.9 Å². The maximum atomic E-state index is 4.21. The first kappa shape index (κ1) is 14.1. The molecule has 1 aromatic rings. The lowest BCUT2D eigenvalue weighted by molar-refractivity contribution is 0.290. The van der Waals surface area contributed by atoms with Crippen LogP contribution in [0.2, 0.25) is 0 Å². The minimum Gasteiger partial charge on any atom is -0.333 e. The Morgan fingerprint density at radius 3 is 2.90 bits per heavy atom. The summed E-state index contributed by atoms with van der Waals surface area (Å²) in [6.07, 6.45) is 13.9. The molecule has 1 saturated heterocycles. The Balaban J connectivity index is 1.56. The molecule has 0 spiro atoms. The molecule has 20 heavy (non-hydrogen) atoms. The normalized spacial score (nSPS) is 32.4. The molecular weight excluding hydrogens is 248 g/mol. The first-order chi connectivity index (χ1) is 9.86. The van der Waals surface area contributed by atoms with Gasteiger partial charge in [-0.1, -0.05) is 6.92 Å². The third-order valence-corrected chi connectivity index (χ3v) is 5.11. The van der Waals surface area contributed by atoms with Gasteiger partial charge in [-0.3, -0.25) is 0 Å². The van der Waals surface area contributed by atoms with Crippen LogP contribution in [0.3, 0.4) is 0 Å². The van der Waals surface area contributed by atoms with E-state index in [-0.39, 0.29) is 0 Å². The van der Waals surface area contributed by atoms with Crippen LogP contribution in [-0.4, -0.2) is 46.2 Å². The van der Waals surface area contributed by atoms with Crippen molar-refractivity contribution in [3.05, 3.63) is 18.7 Å². The lowest BCUT2D eigenvalue weighted by atomic mass is 10.1. The second-order valence-electron chi connectivity index (χ2n) is 6.34. The van der Waals surface area contributed by atoms with Crippen molar-refractivity contribution in [1.29, 1.82) is 0 Å². The van der Waals surface area contributed by atoms with E-state index in [0.29, 0.717) is 18.1 Å². The summed E-state index contributed by atoms with van der Waals surface area (Å²) < 4.78 is 2.31. The van der Waals surface area contributed by atoms with Gasteiger partial charge in [-0.2, -0.15) is 0 Å². The number of hydrogen-bond donors (Lipinski definition) is 1. The quantitative estimate of drug-likeness (QED) is 0.917. The lowest BCUT2D eigenvalue weighted by Gasteiger charge is -2.27. The van der Waals surface area contributed by atoms with Crippen molar-refractivity contribution in [2.45, 2.75) is 63.6 Å². The number of nitrogens with one attached hydrogen (secondary N) is 1. The van der Waals surface area contributed by atoms with Crippen LogP contribution in [-0.2, 0) is 0 Å². The maximum Gasteiger partial charge on any atom is 0.0949 e. The molecule has 1 saturated carbocycles. The summed E-state index contributed by atoms with van der Waals surface area (Å²) in [5.41, 5.74) is 0. The molecule has 3 unspecified atom stereocenters. The molecule has 2 heterocycles. The van der Waals surface area contributed by atoms with Crippen molar-refractivity contribution < 1.29 is 0 Å². The highest BCUT2D eigenvalue weighted by atomic mass is 15.1. The zero-order valence-corrected chi connectivity index (χ0v) is 12.7. The molecule has 1 aliphatic heterocycles. The standard InChI is InChI=1S/C16H28N4/c1-2-19-10-4-5-14(8-11-19)18-15-6-3-7-16(15)20-12-9-17-13-20/h9,12-16,18H,2-8,10-11H2,1H3. The van der Waals surface area contributed by atoms with E-state index in [1.165, 1.54) is 58.2 Å². The third kappa shape index (κ3) is 3.23. The Bertz CT molecular complexity index is 389. The van der Waals surface area contributed by atoms with Crippen molar-refractivity contribution >= 4 is 0 Å². The van der Waals surface area contributed by atoms with Crippen LogP contribution in [0.4, 0.5) is 0 Å². The number of nitrogens with zero attached hydrogens (tertiary/aromatic N) is 3. The molecule has 2 fully saturated rings. The molecule has 0 radical (unpaired) electrons. The van der Waals surface area contributed by atoms with Crippen molar-refractivity contribution in [3.8, 4) is 0 Å². The predicted molar refractivity (Wildman–Crippen MR) is 81.8 cm³/mol. The fourth-order valence-electron chi connectivity index (χ4n) is 3.90. The zero-order chi connectivity index (χ0) is 13.8. The lowest BCUT2D eigenvalue weighted by Crippen LogP contribution is -2.41. The number of imidazole rings is 1. The van der Waals surface area contributed by atoms with Gasteiger partial charge in [-0.15, -0.1) is 0 Å². The van der Waals surface area contributed by atoms with Crippen LogP contribution in [0.25, 0.3) is 0 Å². The number of aromatic nitrogens is 2. The average Bonchev–Trinajstić information content (AvgIpc) is 3.07. The topological polar surface area (TPSA) is 33.1 Å². The summed E-state index contributed by atoms with van der Waals surface area (Å²) in [5, 5.41) is 3.97. The van der Waals surface area contributed by atoms with Gasteiger partial charge in [0, 0.05) is 30.5 Å². The van der Waals surface area contributed by atoms with Crippen molar-refractivity contribution in [3.63, 3.8) is 0 Å². The van der Waals surface area contributed by atoms with E-state index in [1.54, 1.807) is 0 Å². The second-order valence-corrected chi connectivity index (χ2v) is 6.34. The van der Waals surface area contributed by atoms with Gasteiger partial charge in [-0.05, 0) is 58.2 Å². The molecular formula is C16H28N4. The van der Waals surface area contributed by atoms with Crippen LogP contribution < -0.4 is 5.32 Å². The highest BCUT2D eigenvalue weighted by Crippen LogP contribution is 2.31. The van der Waals surface area contributed by atoms with Gasteiger partial charge in [0.15, 0.2) is 0 Å².